The summed E-state index contributed by atoms with van der Waals surface area (Å²) in [6, 6.07) is 1.50. The molecule has 1 amide bonds. The molecular weight excluding hydrogens is 287 g/mol. The van der Waals surface area contributed by atoms with E-state index in [4.69, 9.17) is 5.11 Å². The fourth-order valence-electron chi connectivity index (χ4n) is 1.79. The van der Waals surface area contributed by atoms with Crippen LogP contribution in [-0.4, -0.2) is 34.0 Å². The van der Waals surface area contributed by atoms with Crippen LogP contribution in [0.1, 0.15) is 37.6 Å². The molecule has 0 spiro atoms. The zero-order chi connectivity index (χ0) is 16.4. The van der Waals surface area contributed by atoms with Gasteiger partial charge in [0.25, 0.3) is 5.91 Å². The van der Waals surface area contributed by atoms with Crippen molar-refractivity contribution in [2.45, 2.75) is 32.7 Å². The molecule has 0 bridgehead atoms. The molecule has 0 atom stereocenters. The number of carbonyl (C=O) groups excluding carboxylic acids is 1. The van der Waals surface area contributed by atoms with E-state index in [9.17, 15) is 22.8 Å². The summed E-state index contributed by atoms with van der Waals surface area (Å²) in [6.45, 7) is 4.72. The van der Waals surface area contributed by atoms with Gasteiger partial charge in [0.1, 0.15) is 0 Å². The van der Waals surface area contributed by atoms with Crippen molar-refractivity contribution in [2.24, 2.45) is 0 Å². The van der Waals surface area contributed by atoms with Crippen LogP contribution < -0.4 is 0 Å². The van der Waals surface area contributed by atoms with Crippen LogP contribution in [0.15, 0.2) is 12.1 Å². The lowest BCUT2D eigenvalue weighted by atomic mass is 10.0. The van der Waals surface area contributed by atoms with Gasteiger partial charge in [0, 0.05) is 12.1 Å². The highest BCUT2D eigenvalue weighted by Crippen LogP contribution is 2.22. The molecule has 21 heavy (non-hydrogen) atoms. The molecule has 0 aliphatic heterocycles. The number of carboxylic acids is 1. The van der Waals surface area contributed by atoms with Crippen molar-refractivity contribution in [1.29, 1.82) is 0 Å². The number of rotatable bonds is 4. The molecular formula is C14H16F3NO3. The molecule has 1 N–H and O–H groups in total. The normalized spacial score (nSPS) is 11.3. The first-order chi connectivity index (χ1) is 9.55. The summed E-state index contributed by atoms with van der Waals surface area (Å²) in [5.41, 5.74) is -1.43. The third kappa shape index (κ3) is 3.96. The van der Waals surface area contributed by atoms with Crippen LogP contribution in [0.3, 0.4) is 0 Å². The Morgan fingerprint density at radius 1 is 1.14 bits per heavy atom. The number of halogens is 3. The molecule has 0 saturated heterocycles. The Labute approximate surface area is 120 Å². The molecule has 0 heterocycles. The fraction of sp³-hybridized carbons (Fsp3) is 0.429. The largest absolute Gasteiger partial charge is 0.481 e. The van der Waals surface area contributed by atoms with Crippen molar-refractivity contribution in [1.82, 2.24) is 4.90 Å². The summed E-state index contributed by atoms with van der Waals surface area (Å²) in [5.74, 6) is -6.71. The van der Waals surface area contributed by atoms with Gasteiger partial charge in [-0.2, -0.15) is 0 Å². The standard InChI is InChI=1S/C14H16F3NO3/c1-14(2,3)18(7-6-10(19)20)13(21)8-4-5-9(15)12(17)11(8)16/h4-5H,6-7H2,1-3H3,(H,19,20). The van der Waals surface area contributed by atoms with Crippen LogP contribution in [0.4, 0.5) is 13.2 Å². The van der Waals surface area contributed by atoms with Crippen LogP contribution in [0.25, 0.3) is 0 Å². The van der Waals surface area contributed by atoms with E-state index in [0.29, 0.717) is 6.07 Å². The zero-order valence-corrected chi connectivity index (χ0v) is 11.9. The van der Waals surface area contributed by atoms with Crippen LogP contribution in [0, 0.1) is 17.5 Å². The molecule has 1 rings (SSSR count). The lowest BCUT2D eigenvalue weighted by molar-refractivity contribution is -0.137. The van der Waals surface area contributed by atoms with Gasteiger partial charge in [0.05, 0.1) is 12.0 Å². The van der Waals surface area contributed by atoms with Gasteiger partial charge >= 0.3 is 5.97 Å². The first-order valence-corrected chi connectivity index (χ1v) is 6.23. The molecule has 1 aromatic rings. The van der Waals surface area contributed by atoms with Crippen LogP contribution in [0.2, 0.25) is 0 Å². The number of hydrogen-bond acceptors (Lipinski definition) is 2. The zero-order valence-electron chi connectivity index (χ0n) is 11.9. The Morgan fingerprint density at radius 3 is 2.19 bits per heavy atom. The first kappa shape index (κ1) is 17.0. The Balaban J connectivity index is 3.17. The van der Waals surface area contributed by atoms with Crippen LogP contribution >= 0.6 is 0 Å². The van der Waals surface area contributed by atoms with E-state index in [0.717, 1.165) is 11.0 Å². The number of carbonyl (C=O) groups is 2. The summed E-state index contributed by atoms with van der Waals surface area (Å²) >= 11 is 0. The van der Waals surface area contributed by atoms with Crippen molar-refractivity contribution in [3.05, 3.63) is 35.1 Å². The summed E-state index contributed by atoms with van der Waals surface area (Å²) in [5, 5.41) is 8.69. The molecule has 116 valence electrons. The van der Waals surface area contributed by atoms with E-state index in [1.54, 1.807) is 20.8 Å². The van der Waals surface area contributed by atoms with E-state index in [1.807, 2.05) is 0 Å². The minimum Gasteiger partial charge on any atom is -0.481 e. The second-order valence-electron chi connectivity index (χ2n) is 5.49. The predicted molar refractivity (Wildman–Crippen MR) is 69.4 cm³/mol. The second kappa shape index (κ2) is 6.15. The maximum atomic E-state index is 13.7. The summed E-state index contributed by atoms with van der Waals surface area (Å²) < 4.78 is 39.8. The summed E-state index contributed by atoms with van der Waals surface area (Å²) in [7, 11) is 0. The van der Waals surface area contributed by atoms with Gasteiger partial charge in [-0.25, -0.2) is 13.2 Å². The summed E-state index contributed by atoms with van der Waals surface area (Å²) in [4.78, 5) is 24.0. The van der Waals surface area contributed by atoms with Gasteiger partial charge in [-0.15, -0.1) is 0 Å². The molecule has 0 aliphatic carbocycles. The Kier molecular flexibility index (Phi) is 4.98. The molecule has 0 unspecified atom stereocenters. The number of hydrogen-bond donors (Lipinski definition) is 1. The molecule has 0 fully saturated rings. The van der Waals surface area contributed by atoms with Gasteiger partial charge in [-0.05, 0) is 32.9 Å². The van der Waals surface area contributed by atoms with Crippen molar-refractivity contribution >= 4 is 11.9 Å². The third-order valence-electron chi connectivity index (χ3n) is 2.87. The summed E-state index contributed by atoms with van der Waals surface area (Å²) in [6.07, 6.45) is -0.339. The number of carboxylic acid groups (broad SMARTS) is 1. The predicted octanol–water partition coefficient (Wildman–Crippen LogP) is 2.82. The third-order valence-corrected chi connectivity index (χ3v) is 2.87. The smallest absolute Gasteiger partial charge is 0.305 e. The Morgan fingerprint density at radius 2 is 1.71 bits per heavy atom. The molecule has 7 heteroatoms. The van der Waals surface area contributed by atoms with Gasteiger partial charge in [-0.1, -0.05) is 0 Å². The molecule has 0 radical (unpaired) electrons. The quantitative estimate of drug-likeness (QED) is 0.870. The fourth-order valence-corrected chi connectivity index (χ4v) is 1.79. The highest BCUT2D eigenvalue weighted by molar-refractivity contribution is 5.95. The van der Waals surface area contributed by atoms with Gasteiger partial charge < -0.3 is 10.0 Å². The second-order valence-corrected chi connectivity index (χ2v) is 5.49. The highest BCUT2D eigenvalue weighted by Gasteiger charge is 2.30. The van der Waals surface area contributed by atoms with Crippen molar-refractivity contribution in [2.75, 3.05) is 6.54 Å². The lowest BCUT2D eigenvalue weighted by Crippen LogP contribution is -2.47. The maximum Gasteiger partial charge on any atom is 0.305 e. The lowest BCUT2D eigenvalue weighted by Gasteiger charge is -2.35. The maximum absolute atomic E-state index is 13.7. The van der Waals surface area contributed by atoms with Crippen molar-refractivity contribution in [3.8, 4) is 0 Å². The highest BCUT2D eigenvalue weighted by atomic mass is 19.2. The minimum absolute atomic E-state index is 0.171. The van der Waals surface area contributed by atoms with E-state index in [2.05, 4.69) is 0 Å². The van der Waals surface area contributed by atoms with E-state index in [-0.39, 0.29) is 13.0 Å². The van der Waals surface area contributed by atoms with Gasteiger partial charge in [-0.3, -0.25) is 9.59 Å². The van der Waals surface area contributed by atoms with E-state index >= 15 is 0 Å². The van der Waals surface area contributed by atoms with Crippen molar-refractivity contribution in [3.63, 3.8) is 0 Å². The number of benzene rings is 1. The molecule has 0 aliphatic rings. The number of nitrogens with zero attached hydrogens (tertiary/aromatic N) is 1. The number of amides is 1. The Bertz CT molecular complexity index is 567. The molecule has 0 saturated carbocycles. The topological polar surface area (TPSA) is 57.6 Å². The van der Waals surface area contributed by atoms with E-state index < -0.39 is 40.4 Å². The molecule has 0 aromatic heterocycles. The van der Waals surface area contributed by atoms with Gasteiger partial charge in [0.2, 0.25) is 0 Å². The molecule has 1 aromatic carbocycles. The SMILES string of the molecule is CC(C)(C)N(CCC(=O)O)C(=O)c1ccc(F)c(F)c1F. The van der Waals surface area contributed by atoms with Crippen LogP contribution in [-0.2, 0) is 4.79 Å². The first-order valence-electron chi connectivity index (χ1n) is 6.23. The van der Waals surface area contributed by atoms with Gasteiger partial charge in [0.15, 0.2) is 17.5 Å². The van der Waals surface area contributed by atoms with Crippen molar-refractivity contribution < 1.29 is 27.9 Å². The number of aliphatic carboxylic acids is 1. The average molecular weight is 303 g/mol. The average Bonchev–Trinajstić information content (AvgIpc) is 2.34. The minimum atomic E-state index is -1.73. The van der Waals surface area contributed by atoms with Crippen LogP contribution in [0.5, 0.6) is 0 Å². The monoisotopic (exact) mass is 303 g/mol. The van der Waals surface area contributed by atoms with E-state index in [1.165, 1.54) is 0 Å². The Hall–Kier alpha value is -2.05. The molecule has 4 nitrogen and oxygen atoms in total.